The minimum atomic E-state index is 0.142. The molecule has 1 saturated heterocycles. The van der Waals surface area contributed by atoms with Gasteiger partial charge in [0.15, 0.2) is 6.29 Å². The molecule has 76 valence electrons. The van der Waals surface area contributed by atoms with E-state index in [9.17, 15) is 4.79 Å². The molecule has 5 nitrogen and oxygen atoms in total. The van der Waals surface area contributed by atoms with Crippen LogP contribution in [-0.4, -0.2) is 34.4 Å². The largest absolute Gasteiger partial charge is 0.337 e. The molecule has 2 rings (SSSR count). The van der Waals surface area contributed by atoms with E-state index in [1.807, 2.05) is 0 Å². The van der Waals surface area contributed by atoms with Crippen LogP contribution in [0.5, 0.6) is 0 Å². The van der Waals surface area contributed by atoms with E-state index in [4.69, 9.17) is 4.52 Å². The monoisotopic (exact) mass is 195 g/mol. The van der Waals surface area contributed by atoms with Gasteiger partial charge in [0, 0.05) is 0 Å². The van der Waals surface area contributed by atoms with E-state index in [1.165, 1.54) is 0 Å². The van der Waals surface area contributed by atoms with Crippen LogP contribution in [0, 0.1) is 0 Å². The number of aromatic nitrogens is 2. The number of carbonyl (C=O) groups is 1. The van der Waals surface area contributed by atoms with Crippen molar-refractivity contribution in [3.8, 4) is 0 Å². The zero-order chi connectivity index (χ0) is 9.97. The summed E-state index contributed by atoms with van der Waals surface area (Å²) in [4.78, 5) is 16.7. The van der Waals surface area contributed by atoms with Crippen molar-refractivity contribution >= 4 is 6.29 Å². The summed E-state index contributed by atoms with van der Waals surface area (Å²) in [5.41, 5.74) is 0. The predicted octanol–water partition coefficient (Wildman–Crippen LogP) is 1.04. The Hall–Kier alpha value is -1.23. The van der Waals surface area contributed by atoms with Gasteiger partial charge in [0.1, 0.15) is 0 Å². The summed E-state index contributed by atoms with van der Waals surface area (Å²) in [5, 5.41) is 3.57. The number of aldehydes is 1. The van der Waals surface area contributed by atoms with Crippen LogP contribution < -0.4 is 0 Å². The van der Waals surface area contributed by atoms with E-state index in [0.29, 0.717) is 12.2 Å². The number of carbonyl (C=O) groups excluding carboxylic acids is 1. The molecule has 0 aliphatic carbocycles. The summed E-state index contributed by atoms with van der Waals surface area (Å²) in [6.07, 6.45) is 2.80. The van der Waals surface area contributed by atoms with Crippen molar-refractivity contribution in [2.45, 2.75) is 25.8 Å². The Bertz CT molecular complexity index is 324. The highest BCUT2D eigenvalue weighted by Crippen LogP contribution is 2.29. The Kier molecular flexibility index (Phi) is 2.58. The highest BCUT2D eigenvalue weighted by atomic mass is 16.5. The molecule has 0 spiro atoms. The summed E-state index contributed by atoms with van der Waals surface area (Å²) in [5.74, 6) is 0.717. The van der Waals surface area contributed by atoms with Crippen molar-refractivity contribution < 1.29 is 9.32 Å². The Labute approximate surface area is 82.1 Å². The van der Waals surface area contributed by atoms with Gasteiger partial charge in [0.2, 0.25) is 11.7 Å². The van der Waals surface area contributed by atoms with E-state index in [1.54, 1.807) is 0 Å². The van der Waals surface area contributed by atoms with Crippen LogP contribution in [0.25, 0.3) is 0 Å². The molecule has 1 aliphatic heterocycles. The lowest BCUT2D eigenvalue weighted by Crippen LogP contribution is -2.22. The number of hydrogen-bond donors (Lipinski definition) is 0. The van der Waals surface area contributed by atoms with E-state index < -0.39 is 0 Å². The molecule has 1 aromatic rings. The van der Waals surface area contributed by atoms with Crippen molar-refractivity contribution in [1.82, 2.24) is 15.0 Å². The van der Waals surface area contributed by atoms with Crippen LogP contribution in [-0.2, 0) is 0 Å². The van der Waals surface area contributed by atoms with Crippen LogP contribution in [0.3, 0.4) is 0 Å². The van der Waals surface area contributed by atoms with Gasteiger partial charge < -0.3 is 4.52 Å². The minimum absolute atomic E-state index is 0.142. The van der Waals surface area contributed by atoms with Crippen molar-refractivity contribution in [1.29, 1.82) is 0 Å². The minimum Gasteiger partial charge on any atom is -0.337 e. The van der Waals surface area contributed by atoms with Gasteiger partial charge in [0.25, 0.3) is 0 Å². The van der Waals surface area contributed by atoms with Gasteiger partial charge in [-0.25, -0.2) is 0 Å². The fraction of sp³-hybridized carbons (Fsp3) is 0.667. The van der Waals surface area contributed by atoms with Crippen LogP contribution in [0.15, 0.2) is 4.52 Å². The third kappa shape index (κ3) is 1.55. The summed E-state index contributed by atoms with van der Waals surface area (Å²) < 4.78 is 5.04. The van der Waals surface area contributed by atoms with E-state index >= 15 is 0 Å². The Balaban J connectivity index is 2.17. The quantitative estimate of drug-likeness (QED) is 0.674. The third-order valence-electron chi connectivity index (χ3n) is 2.62. The van der Waals surface area contributed by atoms with Crippen LogP contribution in [0.2, 0.25) is 0 Å². The first kappa shape index (κ1) is 9.33. The molecule has 0 N–H and O–H groups in total. The normalized spacial score (nSPS) is 22.8. The fourth-order valence-corrected chi connectivity index (χ4v) is 1.91. The maximum absolute atomic E-state index is 10.4. The molecule has 0 bridgehead atoms. The molecule has 1 atom stereocenters. The molecule has 14 heavy (non-hydrogen) atoms. The van der Waals surface area contributed by atoms with Gasteiger partial charge in [-0.1, -0.05) is 12.1 Å². The molecule has 0 aromatic carbocycles. The maximum Gasteiger partial charge on any atom is 0.244 e. The van der Waals surface area contributed by atoms with Gasteiger partial charge >= 0.3 is 0 Å². The second-order valence-corrected chi connectivity index (χ2v) is 3.40. The first-order chi connectivity index (χ1) is 6.85. The summed E-state index contributed by atoms with van der Waals surface area (Å²) in [7, 11) is 0. The summed E-state index contributed by atoms with van der Waals surface area (Å²) in [6.45, 7) is 4.15. The van der Waals surface area contributed by atoms with Crippen LogP contribution in [0.1, 0.15) is 42.3 Å². The first-order valence-electron chi connectivity index (χ1n) is 4.88. The summed E-state index contributed by atoms with van der Waals surface area (Å²) in [6, 6.07) is 0.209. The van der Waals surface area contributed by atoms with Crippen LogP contribution in [0.4, 0.5) is 0 Å². The molecule has 1 fully saturated rings. The highest BCUT2D eigenvalue weighted by Gasteiger charge is 2.29. The standard InChI is InChI=1S/C9H13N3O2/c1-2-12-5-3-4-7(12)9-10-8(6-13)11-14-9/h6-7H,2-5H2,1H3. The summed E-state index contributed by atoms with van der Waals surface area (Å²) >= 11 is 0. The number of hydrogen-bond acceptors (Lipinski definition) is 5. The molecule has 0 amide bonds. The Morgan fingerprint density at radius 2 is 2.57 bits per heavy atom. The van der Waals surface area contributed by atoms with Gasteiger partial charge in [-0.05, 0) is 25.9 Å². The molecule has 1 aromatic heterocycles. The molecular weight excluding hydrogens is 182 g/mol. The van der Waals surface area contributed by atoms with Crippen molar-refractivity contribution in [2.24, 2.45) is 0 Å². The fourth-order valence-electron chi connectivity index (χ4n) is 1.91. The lowest BCUT2D eigenvalue weighted by atomic mass is 10.2. The molecule has 0 saturated carbocycles. The van der Waals surface area contributed by atoms with Crippen molar-refractivity contribution in [3.05, 3.63) is 11.7 Å². The molecule has 1 aliphatic rings. The van der Waals surface area contributed by atoms with Crippen LogP contribution >= 0.6 is 0 Å². The van der Waals surface area contributed by atoms with E-state index in [2.05, 4.69) is 22.0 Å². The molecule has 0 radical (unpaired) electrons. The van der Waals surface area contributed by atoms with Gasteiger partial charge in [-0.2, -0.15) is 4.98 Å². The zero-order valence-electron chi connectivity index (χ0n) is 8.14. The average molecular weight is 195 g/mol. The zero-order valence-corrected chi connectivity index (χ0v) is 8.14. The molecule has 1 unspecified atom stereocenters. The number of nitrogens with zero attached hydrogens (tertiary/aromatic N) is 3. The van der Waals surface area contributed by atoms with Crippen molar-refractivity contribution in [2.75, 3.05) is 13.1 Å². The Morgan fingerprint density at radius 3 is 3.21 bits per heavy atom. The topological polar surface area (TPSA) is 59.2 Å². The SMILES string of the molecule is CCN1CCCC1c1nc(C=O)no1. The lowest BCUT2D eigenvalue weighted by molar-refractivity contribution is 0.111. The predicted molar refractivity (Wildman–Crippen MR) is 48.9 cm³/mol. The molecule has 2 heterocycles. The highest BCUT2D eigenvalue weighted by molar-refractivity contribution is 5.68. The smallest absolute Gasteiger partial charge is 0.244 e. The van der Waals surface area contributed by atoms with Gasteiger partial charge in [0.05, 0.1) is 6.04 Å². The van der Waals surface area contributed by atoms with Gasteiger partial charge in [-0.3, -0.25) is 9.69 Å². The van der Waals surface area contributed by atoms with E-state index in [-0.39, 0.29) is 11.9 Å². The maximum atomic E-state index is 10.4. The third-order valence-corrected chi connectivity index (χ3v) is 2.62. The Morgan fingerprint density at radius 1 is 1.71 bits per heavy atom. The average Bonchev–Trinajstić information content (AvgIpc) is 2.85. The van der Waals surface area contributed by atoms with E-state index in [0.717, 1.165) is 25.9 Å². The number of likely N-dealkylation sites (tertiary alicyclic amines) is 1. The molecule has 5 heteroatoms. The molecular formula is C9H13N3O2. The second kappa shape index (κ2) is 3.88. The lowest BCUT2D eigenvalue weighted by Gasteiger charge is -2.18. The second-order valence-electron chi connectivity index (χ2n) is 3.40. The number of rotatable bonds is 3. The van der Waals surface area contributed by atoms with Gasteiger partial charge in [-0.15, -0.1) is 0 Å². The first-order valence-corrected chi connectivity index (χ1v) is 4.88. The van der Waals surface area contributed by atoms with Crippen molar-refractivity contribution in [3.63, 3.8) is 0 Å².